The Labute approximate surface area is 122 Å². The minimum Gasteiger partial charge on any atom is -0.382 e. The highest BCUT2D eigenvalue weighted by molar-refractivity contribution is 6.30. The number of rotatable bonds is 4. The van der Waals surface area contributed by atoms with E-state index < -0.39 is 0 Å². The van der Waals surface area contributed by atoms with Crippen LogP contribution < -0.4 is 5.32 Å². The van der Waals surface area contributed by atoms with Crippen LogP contribution in [0.25, 0.3) is 0 Å². The summed E-state index contributed by atoms with van der Waals surface area (Å²) in [7, 11) is 0. The molecule has 1 aromatic rings. The maximum atomic E-state index is 6.08. The Kier molecular flexibility index (Phi) is 5.12. The molecular weight excluding hydrogens is 256 g/mol. The average Bonchev–Trinajstić information content (AvgIpc) is 2.43. The van der Waals surface area contributed by atoms with Gasteiger partial charge < -0.3 is 10.2 Å². The van der Waals surface area contributed by atoms with E-state index in [4.69, 9.17) is 11.6 Å². The maximum Gasteiger partial charge on any atom is 0.0426 e. The van der Waals surface area contributed by atoms with Crippen molar-refractivity contribution < 1.29 is 0 Å². The number of anilines is 1. The summed E-state index contributed by atoms with van der Waals surface area (Å²) in [5, 5.41) is 4.46. The molecule has 2 atom stereocenters. The number of piperidine rings is 1. The molecular formula is C16H25ClN2. The summed E-state index contributed by atoms with van der Waals surface area (Å²) in [6, 6.07) is 6.56. The summed E-state index contributed by atoms with van der Waals surface area (Å²) in [5.74, 6) is 0.729. The number of likely N-dealkylation sites (tertiary alicyclic amines) is 1. The quantitative estimate of drug-likeness (QED) is 0.890. The van der Waals surface area contributed by atoms with E-state index in [1.807, 2.05) is 12.1 Å². The fourth-order valence-corrected chi connectivity index (χ4v) is 3.07. The van der Waals surface area contributed by atoms with Gasteiger partial charge in [0.15, 0.2) is 0 Å². The van der Waals surface area contributed by atoms with Crippen molar-refractivity contribution in [2.45, 2.75) is 39.7 Å². The van der Waals surface area contributed by atoms with Gasteiger partial charge in [-0.05, 0) is 63.4 Å². The molecule has 1 N–H and O–H groups in total. The summed E-state index contributed by atoms with van der Waals surface area (Å²) < 4.78 is 0. The molecule has 0 amide bonds. The minimum atomic E-state index is 0.492. The lowest BCUT2D eigenvalue weighted by atomic mass is 9.91. The van der Waals surface area contributed by atoms with Crippen molar-refractivity contribution in [1.82, 2.24) is 4.90 Å². The van der Waals surface area contributed by atoms with Crippen LogP contribution in [0.15, 0.2) is 18.2 Å². The van der Waals surface area contributed by atoms with Crippen LogP contribution in [0.4, 0.5) is 5.69 Å². The first-order valence-electron chi connectivity index (χ1n) is 7.35. The van der Waals surface area contributed by atoms with Crippen molar-refractivity contribution >= 4 is 17.3 Å². The fourth-order valence-electron chi connectivity index (χ4n) is 2.90. The number of hydrogen-bond acceptors (Lipinski definition) is 2. The van der Waals surface area contributed by atoms with Gasteiger partial charge in [-0.1, -0.05) is 24.6 Å². The molecule has 1 fully saturated rings. The van der Waals surface area contributed by atoms with E-state index in [0.29, 0.717) is 6.04 Å². The highest BCUT2D eigenvalue weighted by atomic mass is 35.5. The molecule has 1 saturated heterocycles. The Bertz CT molecular complexity index is 419. The third-order valence-corrected chi connectivity index (χ3v) is 4.51. The highest BCUT2D eigenvalue weighted by Crippen LogP contribution is 2.25. The van der Waals surface area contributed by atoms with Gasteiger partial charge in [0, 0.05) is 23.3 Å². The van der Waals surface area contributed by atoms with Crippen LogP contribution in [0.1, 0.15) is 32.3 Å². The smallest absolute Gasteiger partial charge is 0.0426 e. The number of nitrogens with zero attached hydrogens (tertiary/aromatic N) is 1. The second-order valence-corrected chi connectivity index (χ2v) is 6.12. The lowest BCUT2D eigenvalue weighted by molar-refractivity contribution is 0.172. The standard InChI is InChI=1S/C16H25ClN2/c1-4-19-9-5-6-14(11-19)13(3)18-16-10-15(17)8-7-12(16)2/h7-8,10,13-14,18H,4-6,9,11H2,1-3H3. The van der Waals surface area contributed by atoms with Crippen molar-refractivity contribution in [1.29, 1.82) is 0 Å². The predicted octanol–water partition coefficient (Wildman–Crippen LogP) is 4.18. The molecule has 1 aromatic carbocycles. The van der Waals surface area contributed by atoms with E-state index >= 15 is 0 Å². The van der Waals surface area contributed by atoms with Gasteiger partial charge in [0.1, 0.15) is 0 Å². The van der Waals surface area contributed by atoms with E-state index in [1.54, 1.807) is 0 Å². The number of aryl methyl sites for hydroxylation is 1. The van der Waals surface area contributed by atoms with Gasteiger partial charge in [0.05, 0.1) is 0 Å². The summed E-state index contributed by atoms with van der Waals surface area (Å²) in [6.45, 7) is 10.3. The highest BCUT2D eigenvalue weighted by Gasteiger charge is 2.23. The Morgan fingerprint density at radius 2 is 2.26 bits per heavy atom. The Balaban J connectivity index is 2.00. The lowest BCUT2D eigenvalue weighted by Crippen LogP contribution is -2.41. The molecule has 1 aliphatic rings. The second kappa shape index (κ2) is 6.62. The van der Waals surface area contributed by atoms with Crippen LogP contribution in [-0.2, 0) is 0 Å². The van der Waals surface area contributed by atoms with Crippen LogP contribution in [0.3, 0.4) is 0 Å². The lowest BCUT2D eigenvalue weighted by Gasteiger charge is -2.36. The average molecular weight is 281 g/mol. The molecule has 1 heterocycles. The molecule has 0 radical (unpaired) electrons. The van der Waals surface area contributed by atoms with Crippen LogP contribution in [0.5, 0.6) is 0 Å². The number of halogens is 1. The Morgan fingerprint density at radius 3 is 3.00 bits per heavy atom. The van der Waals surface area contributed by atoms with Gasteiger partial charge in [-0.15, -0.1) is 0 Å². The van der Waals surface area contributed by atoms with Crippen LogP contribution in [0, 0.1) is 12.8 Å². The number of hydrogen-bond donors (Lipinski definition) is 1. The molecule has 0 saturated carbocycles. The van der Waals surface area contributed by atoms with Crippen molar-refractivity contribution in [3.8, 4) is 0 Å². The third kappa shape index (κ3) is 3.87. The zero-order valence-corrected chi connectivity index (χ0v) is 13.0. The minimum absolute atomic E-state index is 0.492. The van der Waals surface area contributed by atoms with E-state index in [-0.39, 0.29) is 0 Å². The summed E-state index contributed by atoms with van der Waals surface area (Å²) in [6.07, 6.45) is 2.64. The molecule has 0 aliphatic carbocycles. The largest absolute Gasteiger partial charge is 0.382 e. The zero-order valence-electron chi connectivity index (χ0n) is 12.2. The fraction of sp³-hybridized carbons (Fsp3) is 0.625. The topological polar surface area (TPSA) is 15.3 Å². The molecule has 106 valence electrons. The SMILES string of the molecule is CCN1CCCC(C(C)Nc2cc(Cl)ccc2C)C1. The molecule has 2 nitrogen and oxygen atoms in total. The van der Waals surface area contributed by atoms with Gasteiger partial charge in [0.2, 0.25) is 0 Å². The molecule has 1 aliphatic heterocycles. The van der Waals surface area contributed by atoms with Crippen LogP contribution in [-0.4, -0.2) is 30.6 Å². The zero-order chi connectivity index (χ0) is 13.8. The van der Waals surface area contributed by atoms with E-state index in [2.05, 4.69) is 37.1 Å². The van der Waals surface area contributed by atoms with Gasteiger partial charge >= 0.3 is 0 Å². The van der Waals surface area contributed by atoms with E-state index in [0.717, 1.165) is 10.9 Å². The first-order valence-corrected chi connectivity index (χ1v) is 7.73. The van der Waals surface area contributed by atoms with E-state index in [9.17, 15) is 0 Å². The second-order valence-electron chi connectivity index (χ2n) is 5.69. The van der Waals surface area contributed by atoms with Gasteiger partial charge in [-0.25, -0.2) is 0 Å². The molecule has 19 heavy (non-hydrogen) atoms. The van der Waals surface area contributed by atoms with E-state index in [1.165, 1.54) is 43.7 Å². The predicted molar refractivity (Wildman–Crippen MR) is 84.1 cm³/mol. The summed E-state index contributed by atoms with van der Waals surface area (Å²) >= 11 is 6.08. The summed E-state index contributed by atoms with van der Waals surface area (Å²) in [5.41, 5.74) is 2.44. The monoisotopic (exact) mass is 280 g/mol. The Hall–Kier alpha value is -0.730. The molecule has 0 spiro atoms. The Morgan fingerprint density at radius 1 is 1.47 bits per heavy atom. The maximum absolute atomic E-state index is 6.08. The number of benzene rings is 1. The molecule has 0 aromatic heterocycles. The van der Waals surface area contributed by atoms with Gasteiger partial charge in [0.25, 0.3) is 0 Å². The van der Waals surface area contributed by atoms with Crippen molar-refractivity contribution in [3.05, 3.63) is 28.8 Å². The third-order valence-electron chi connectivity index (χ3n) is 4.28. The summed E-state index contributed by atoms with van der Waals surface area (Å²) in [4.78, 5) is 2.55. The van der Waals surface area contributed by atoms with Crippen molar-refractivity contribution in [2.75, 3.05) is 25.0 Å². The van der Waals surface area contributed by atoms with Gasteiger partial charge in [-0.3, -0.25) is 0 Å². The normalized spacial score (nSPS) is 22.2. The van der Waals surface area contributed by atoms with Crippen LogP contribution in [0.2, 0.25) is 5.02 Å². The van der Waals surface area contributed by atoms with Crippen LogP contribution >= 0.6 is 11.6 Å². The molecule has 0 bridgehead atoms. The first kappa shape index (κ1) is 14.7. The molecule has 2 unspecified atom stereocenters. The molecule has 3 heteroatoms. The van der Waals surface area contributed by atoms with Gasteiger partial charge in [-0.2, -0.15) is 0 Å². The first-order chi connectivity index (χ1) is 9.10. The van der Waals surface area contributed by atoms with Crippen molar-refractivity contribution in [2.24, 2.45) is 5.92 Å². The number of nitrogens with one attached hydrogen (secondary N) is 1. The molecule has 2 rings (SSSR count). The van der Waals surface area contributed by atoms with Crippen molar-refractivity contribution in [3.63, 3.8) is 0 Å².